The van der Waals surface area contributed by atoms with Crippen molar-refractivity contribution in [2.45, 2.75) is 96.2 Å². The fraction of sp³-hybridized carbons (Fsp3) is 0.629. The molecule has 9 nitrogen and oxygen atoms in total. The van der Waals surface area contributed by atoms with Crippen molar-refractivity contribution >= 4 is 23.1 Å². The van der Waals surface area contributed by atoms with Gasteiger partial charge in [-0.05, 0) is 95.3 Å². The molecule has 6 rings (SSSR count). The summed E-state index contributed by atoms with van der Waals surface area (Å²) in [4.78, 5) is 25.7. The summed E-state index contributed by atoms with van der Waals surface area (Å²) in [6.07, 6.45) is 3.38. The fourth-order valence-electron chi connectivity index (χ4n) is 7.19. The second kappa shape index (κ2) is 13.6. The van der Waals surface area contributed by atoms with E-state index in [9.17, 15) is 23.1 Å². The fourth-order valence-corrected chi connectivity index (χ4v) is 7.19. The van der Waals surface area contributed by atoms with Gasteiger partial charge >= 0.3 is 12.3 Å². The molecular formula is C35H47F3N6O3. The first kappa shape index (κ1) is 33.5. The zero-order chi connectivity index (χ0) is 33.3. The summed E-state index contributed by atoms with van der Waals surface area (Å²) in [5.74, 6) is 1.38. The van der Waals surface area contributed by atoms with Gasteiger partial charge in [-0.25, -0.2) is 9.78 Å². The van der Waals surface area contributed by atoms with Crippen LogP contribution in [0.3, 0.4) is 0 Å². The van der Waals surface area contributed by atoms with E-state index in [0.29, 0.717) is 30.3 Å². The van der Waals surface area contributed by atoms with Crippen LogP contribution in [0, 0.1) is 11.8 Å². The van der Waals surface area contributed by atoms with Crippen molar-refractivity contribution in [1.82, 2.24) is 24.3 Å². The molecule has 0 spiro atoms. The average Bonchev–Trinajstić information content (AvgIpc) is 3.35. The largest absolute Gasteiger partial charge is 0.444 e. The third kappa shape index (κ3) is 8.38. The number of benzene rings is 1. The summed E-state index contributed by atoms with van der Waals surface area (Å²) in [5, 5.41) is 13.7. The van der Waals surface area contributed by atoms with Crippen LogP contribution in [0.2, 0.25) is 0 Å². The molecule has 1 aromatic carbocycles. The number of nitrogens with one attached hydrogen (secondary N) is 1. The number of amides is 1. The van der Waals surface area contributed by atoms with E-state index in [1.807, 2.05) is 25.7 Å². The number of halogens is 3. The number of hydrogen-bond acceptors (Lipinski definition) is 7. The predicted molar refractivity (Wildman–Crippen MR) is 175 cm³/mol. The van der Waals surface area contributed by atoms with Crippen LogP contribution in [-0.4, -0.2) is 86.1 Å². The van der Waals surface area contributed by atoms with Gasteiger partial charge in [0.1, 0.15) is 11.2 Å². The number of nitrogens with zero attached hydrogens (tertiary/aromatic N) is 5. The Bertz CT molecular complexity index is 1510. The first-order valence-corrected chi connectivity index (χ1v) is 17.0. The molecule has 0 bridgehead atoms. The van der Waals surface area contributed by atoms with Gasteiger partial charge in [-0.2, -0.15) is 18.2 Å². The lowest BCUT2D eigenvalue weighted by Gasteiger charge is -2.46. The molecule has 2 aliphatic heterocycles. The van der Waals surface area contributed by atoms with Crippen molar-refractivity contribution in [3.8, 4) is 11.1 Å². The standard InChI is InChI=1S/C35H47F3N6O3/c1-34(2,3)47-33(46)43-20-26(21-43)24-12-16-42(17-13-24)19-23-4-6-25(7-5-23)30-22-44(27-8-10-28(45)11-9-27)31-29(30)18-40-32(41-31)39-15-14-35(36,37)38/h4-7,18,22,24,26-28,45H,8-17,19-21H2,1-3H3,(H,39,40,41)/t27-,28-. The Hall–Kier alpha value is -3.38. The van der Waals surface area contributed by atoms with E-state index in [2.05, 4.69) is 55.2 Å². The van der Waals surface area contributed by atoms with Crippen molar-refractivity contribution < 1.29 is 27.8 Å². The molecule has 0 atom stereocenters. The summed E-state index contributed by atoms with van der Waals surface area (Å²) in [5.41, 5.74) is 3.49. The SMILES string of the molecule is CC(C)(C)OC(=O)N1CC(C2CCN(Cc3ccc(-c4cn([C@H]5CC[C@H](O)CC5)c5nc(NCCC(F)(F)F)ncc45)cc3)CC2)C1. The number of rotatable bonds is 8. The summed E-state index contributed by atoms with van der Waals surface area (Å²) in [6.45, 7) is 9.94. The zero-order valence-electron chi connectivity index (χ0n) is 27.6. The molecule has 47 heavy (non-hydrogen) atoms. The first-order chi connectivity index (χ1) is 22.3. The third-order valence-electron chi connectivity index (χ3n) is 9.85. The van der Waals surface area contributed by atoms with Crippen LogP contribution in [0.1, 0.15) is 77.3 Å². The number of piperidine rings is 1. The van der Waals surface area contributed by atoms with Crippen molar-refractivity contribution in [1.29, 1.82) is 0 Å². The molecule has 0 unspecified atom stereocenters. The average molecular weight is 657 g/mol. The number of aliphatic hydroxyl groups excluding tert-OH is 1. The highest BCUT2D eigenvalue weighted by molar-refractivity contribution is 5.94. The first-order valence-electron chi connectivity index (χ1n) is 17.0. The van der Waals surface area contributed by atoms with Gasteiger partial charge in [0.25, 0.3) is 0 Å². The predicted octanol–water partition coefficient (Wildman–Crippen LogP) is 7.02. The van der Waals surface area contributed by atoms with Crippen molar-refractivity contribution in [3.63, 3.8) is 0 Å². The molecule has 1 aliphatic carbocycles. The number of aromatic nitrogens is 3. The van der Waals surface area contributed by atoms with Gasteiger partial charge in [0.05, 0.1) is 12.5 Å². The van der Waals surface area contributed by atoms with Crippen LogP contribution in [0.4, 0.5) is 23.9 Å². The lowest BCUT2D eigenvalue weighted by molar-refractivity contribution is -0.131. The minimum Gasteiger partial charge on any atom is -0.444 e. The minimum absolute atomic E-state index is 0.148. The monoisotopic (exact) mass is 656 g/mol. The van der Waals surface area contributed by atoms with Gasteiger partial charge < -0.3 is 24.6 Å². The molecule has 12 heteroatoms. The number of likely N-dealkylation sites (tertiary alicyclic amines) is 2. The molecule has 1 amide bonds. The second-order valence-corrected chi connectivity index (χ2v) is 14.6. The maximum atomic E-state index is 12.7. The van der Waals surface area contributed by atoms with Gasteiger partial charge in [0, 0.05) is 55.6 Å². The molecule has 0 radical (unpaired) electrons. The number of carbonyl (C=O) groups is 1. The van der Waals surface area contributed by atoms with Gasteiger partial charge in [0.15, 0.2) is 0 Å². The molecular weight excluding hydrogens is 609 g/mol. The Kier molecular flexibility index (Phi) is 9.71. The summed E-state index contributed by atoms with van der Waals surface area (Å²) in [6, 6.07) is 8.73. The highest BCUT2D eigenvalue weighted by atomic mass is 19.4. The summed E-state index contributed by atoms with van der Waals surface area (Å²) in [7, 11) is 0. The second-order valence-electron chi connectivity index (χ2n) is 14.6. The molecule has 2 aromatic heterocycles. The van der Waals surface area contributed by atoms with E-state index in [4.69, 9.17) is 4.74 Å². The van der Waals surface area contributed by atoms with Crippen molar-refractivity contribution in [3.05, 3.63) is 42.2 Å². The Labute approximate surface area is 274 Å². The van der Waals surface area contributed by atoms with E-state index in [1.54, 1.807) is 6.20 Å². The number of anilines is 1. The number of ether oxygens (including phenoxy) is 1. The molecule has 3 fully saturated rings. The number of hydrogen-bond donors (Lipinski definition) is 2. The van der Waals surface area contributed by atoms with Gasteiger partial charge in [-0.1, -0.05) is 24.3 Å². The lowest BCUT2D eigenvalue weighted by atomic mass is 9.80. The Morgan fingerprint density at radius 2 is 1.68 bits per heavy atom. The van der Waals surface area contributed by atoms with Crippen LogP contribution in [0.15, 0.2) is 36.7 Å². The summed E-state index contributed by atoms with van der Waals surface area (Å²) < 4.78 is 45.8. The Morgan fingerprint density at radius 1 is 1.00 bits per heavy atom. The maximum absolute atomic E-state index is 12.7. The number of fused-ring (bicyclic) bond motifs is 1. The quantitative estimate of drug-likeness (QED) is 0.269. The van der Waals surface area contributed by atoms with Crippen LogP contribution in [-0.2, 0) is 11.3 Å². The van der Waals surface area contributed by atoms with E-state index in [-0.39, 0.29) is 30.7 Å². The van der Waals surface area contributed by atoms with E-state index < -0.39 is 18.2 Å². The lowest BCUT2D eigenvalue weighted by Crippen LogP contribution is -2.55. The van der Waals surface area contributed by atoms with Crippen LogP contribution < -0.4 is 5.32 Å². The molecule has 2 saturated heterocycles. The molecule has 3 aliphatic rings. The zero-order valence-corrected chi connectivity index (χ0v) is 27.6. The number of aliphatic hydroxyl groups is 1. The van der Waals surface area contributed by atoms with Crippen molar-refractivity contribution in [2.24, 2.45) is 11.8 Å². The van der Waals surface area contributed by atoms with Gasteiger partial charge in [-0.15, -0.1) is 0 Å². The minimum atomic E-state index is -4.25. The summed E-state index contributed by atoms with van der Waals surface area (Å²) >= 11 is 0. The topological polar surface area (TPSA) is 95.8 Å². The third-order valence-corrected chi connectivity index (χ3v) is 9.85. The highest BCUT2D eigenvalue weighted by Crippen LogP contribution is 2.37. The molecule has 2 N–H and O–H groups in total. The van der Waals surface area contributed by atoms with E-state index in [1.165, 1.54) is 5.56 Å². The smallest absolute Gasteiger partial charge is 0.410 e. The number of carbonyl (C=O) groups excluding carboxylic acids is 1. The maximum Gasteiger partial charge on any atom is 0.410 e. The van der Waals surface area contributed by atoms with E-state index >= 15 is 0 Å². The van der Waals surface area contributed by atoms with Crippen LogP contribution in [0.5, 0.6) is 0 Å². The molecule has 256 valence electrons. The van der Waals surface area contributed by atoms with Gasteiger partial charge in [0.2, 0.25) is 5.95 Å². The van der Waals surface area contributed by atoms with E-state index in [0.717, 1.165) is 74.9 Å². The normalized spacial score (nSPS) is 22.0. The van der Waals surface area contributed by atoms with Gasteiger partial charge in [-0.3, -0.25) is 4.90 Å². The number of alkyl halides is 3. The Morgan fingerprint density at radius 3 is 2.32 bits per heavy atom. The Balaban J connectivity index is 1.08. The molecule has 3 aromatic rings. The van der Waals surface area contributed by atoms with Crippen LogP contribution >= 0.6 is 0 Å². The highest BCUT2D eigenvalue weighted by Gasteiger charge is 2.39. The van der Waals surface area contributed by atoms with Crippen LogP contribution in [0.25, 0.3) is 22.2 Å². The van der Waals surface area contributed by atoms with Crippen molar-refractivity contribution in [2.75, 3.05) is 38.0 Å². The molecule has 1 saturated carbocycles. The molecule has 4 heterocycles.